The molecule has 6 heteroatoms. The first-order valence-electron chi connectivity index (χ1n) is 9.67. The van der Waals surface area contributed by atoms with Crippen LogP contribution >= 0.6 is 0 Å². The number of hydrogen-bond acceptors (Lipinski definition) is 6. The first-order chi connectivity index (χ1) is 13.7. The van der Waals surface area contributed by atoms with Crippen molar-refractivity contribution in [2.75, 3.05) is 33.3 Å². The maximum atomic E-state index is 5.48. The second kappa shape index (κ2) is 8.54. The van der Waals surface area contributed by atoms with Crippen molar-refractivity contribution < 1.29 is 9.26 Å². The van der Waals surface area contributed by atoms with Crippen LogP contribution in [0.25, 0.3) is 11.4 Å². The molecule has 2 heterocycles. The monoisotopic (exact) mass is 378 g/mol. The van der Waals surface area contributed by atoms with E-state index in [0.29, 0.717) is 18.3 Å². The normalized spacial score (nSPS) is 15.6. The number of benzene rings is 2. The number of methoxy groups -OCH3 is 1. The second-order valence-corrected chi connectivity index (χ2v) is 7.22. The highest BCUT2D eigenvalue weighted by atomic mass is 16.5. The number of aryl methyl sites for hydroxylation is 1. The van der Waals surface area contributed by atoms with Gasteiger partial charge in [-0.05, 0) is 30.2 Å². The van der Waals surface area contributed by atoms with E-state index in [0.717, 1.165) is 44.0 Å². The highest BCUT2D eigenvalue weighted by Crippen LogP contribution is 2.22. The predicted molar refractivity (Wildman–Crippen MR) is 108 cm³/mol. The van der Waals surface area contributed by atoms with Crippen molar-refractivity contribution in [2.45, 2.75) is 20.0 Å². The summed E-state index contributed by atoms with van der Waals surface area (Å²) in [6.45, 7) is 7.99. The Balaban J connectivity index is 1.32. The van der Waals surface area contributed by atoms with Gasteiger partial charge >= 0.3 is 0 Å². The van der Waals surface area contributed by atoms with Crippen molar-refractivity contribution in [1.82, 2.24) is 19.9 Å². The molecule has 1 aliphatic heterocycles. The molecule has 0 aliphatic carbocycles. The topological polar surface area (TPSA) is 54.6 Å². The summed E-state index contributed by atoms with van der Waals surface area (Å²) >= 11 is 0. The first-order valence-corrected chi connectivity index (χ1v) is 9.67. The highest BCUT2D eigenvalue weighted by Gasteiger charge is 2.20. The largest absolute Gasteiger partial charge is 0.497 e. The van der Waals surface area contributed by atoms with Gasteiger partial charge in [-0.1, -0.05) is 41.6 Å². The van der Waals surface area contributed by atoms with Crippen LogP contribution in [-0.4, -0.2) is 53.2 Å². The molecule has 2 aromatic carbocycles. The molecule has 0 radical (unpaired) electrons. The lowest BCUT2D eigenvalue weighted by molar-refractivity contribution is 0.112. The minimum atomic E-state index is 0.604. The molecule has 6 nitrogen and oxygen atoms in total. The maximum Gasteiger partial charge on any atom is 0.241 e. The molecule has 146 valence electrons. The van der Waals surface area contributed by atoms with Crippen molar-refractivity contribution >= 4 is 0 Å². The van der Waals surface area contributed by atoms with Gasteiger partial charge in [0, 0.05) is 38.3 Å². The van der Waals surface area contributed by atoms with Gasteiger partial charge in [0.1, 0.15) is 5.75 Å². The molecule has 0 bridgehead atoms. The maximum absolute atomic E-state index is 5.48. The van der Waals surface area contributed by atoms with Gasteiger partial charge in [-0.15, -0.1) is 0 Å². The molecule has 1 aromatic heterocycles. The van der Waals surface area contributed by atoms with Gasteiger partial charge in [0.05, 0.1) is 13.7 Å². The zero-order valence-electron chi connectivity index (χ0n) is 16.5. The summed E-state index contributed by atoms with van der Waals surface area (Å²) in [5.41, 5.74) is 3.68. The van der Waals surface area contributed by atoms with E-state index < -0.39 is 0 Å². The molecular weight excluding hydrogens is 352 g/mol. The predicted octanol–water partition coefficient (Wildman–Crippen LogP) is 3.37. The Morgan fingerprint density at radius 3 is 2.46 bits per heavy atom. The molecule has 0 N–H and O–H groups in total. The van der Waals surface area contributed by atoms with E-state index in [1.54, 1.807) is 7.11 Å². The third-order valence-electron chi connectivity index (χ3n) is 5.28. The van der Waals surface area contributed by atoms with E-state index in [-0.39, 0.29) is 0 Å². The molecule has 0 unspecified atom stereocenters. The lowest BCUT2D eigenvalue weighted by Gasteiger charge is -2.34. The van der Waals surface area contributed by atoms with Crippen molar-refractivity contribution in [3.63, 3.8) is 0 Å². The quantitative estimate of drug-likeness (QED) is 0.656. The molecule has 0 amide bonds. The Morgan fingerprint density at radius 1 is 0.964 bits per heavy atom. The standard InChI is InChI=1S/C22H26N4O2/c1-17-6-3-4-7-19(17)15-25-10-12-26(13-11-25)16-21-23-22(24-28-21)18-8-5-9-20(14-18)27-2/h3-9,14H,10-13,15-16H2,1-2H3. The first kappa shape index (κ1) is 18.7. The summed E-state index contributed by atoms with van der Waals surface area (Å²) in [5.74, 6) is 2.05. The van der Waals surface area contributed by atoms with E-state index >= 15 is 0 Å². The fraction of sp³-hybridized carbons (Fsp3) is 0.364. The zero-order chi connectivity index (χ0) is 19.3. The SMILES string of the molecule is COc1cccc(-c2noc(CN3CCN(Cc4ccccc4C)CC3)n2)c1. The number of aromatic nitrogens is 2. The summed E-state index contributed by atoms with van der Waals surface area (Å²) in [7, 11) is 1.65. The molecule has 0 spiro atoms. The van der Waals surface area contributed by atoms with Gasteiger partial charge in [-0.2, -0.15) is 4.98 Å². The van der Waals surface area contributed by atoms with Crippen molar-refractivity contribution in [1.29, 1.82) is 0 Å². The van der Waals surface area contributed by atoms with Gasteiger partial charge in [-0.25, -0.2) is 0 Å². The van der Waals surface area contributed by atoms with Crippen LogP contribution in [0.1, 0.15) is 17.0 Å². The minimum Gasteiger partial charge on any atom is -0.497 e. The number of rotatable bonds is 6. The number of hydrogen-bond donors (Lipinski definition) is 0. The summed E-state index contributed by atoms with van der Waals surface area (Å²) in [4.78, 5) is 9.44. The Kier molecular flexibility index (Phi) is 5.69. The number of nitrogens with zero attached hydrogens (tertiary/aromatic N) is 4. The summed E-state index contributed by atoms with van der Waals surface area (Å²) < 4.78 is 10.7. The van der Waals surface area contributed by atoms with Crippen LogP contribution in [0.2, 0.25) is 0 Å². The van der Waals surface area contributed by atoms with E-state index in [1.165, 1.54) is 11.1 Å². The average Bonchev–Trinajstić information content (AvgIpc) is 3.20. The summed E-state index contributed by atoms with van der Waals surface area (Å²) in [5, 5.41) is 4.13. The van der Waals surface area contributed by atoms with Gasteiger partial charge in [0.2, 0.25) is 11.7 Å². The Labute approximate surface area is 165 Å². The number of piperazine rings is 1. The third-order valence-corrected chi connectivity index (χ3v) is 5.28. The summed E-state index contributed by atoms with van der Waals surface area (Å²) in [6.07, 6.45) is 0. The fourth-order valence-corrected chi connectivity index (χ4v) is 3.52. The van der Waals surface area contributed by atoms with Crippen LogP contribution in [0.5, 0.6) is 5.75 Å². The van der Waals surface area contributed by atoms with Crippen LogP contribution < -0.4 is 4.74 Å². The lowest BCUT2D eigenvalue weighted by Crippen LogP contribution is -2.45. The molecule has 1 saturated heterocycles. The molecule has 28 heavy (non-hydrogen) atoms. The smallest absolute Gasteiger partial charge is 0.241 e. The van der Waals surface area contributed by atoms with Crippen LogP contribution in [-0.2, 0) is 13.1 Å². The van der Waals surface area contributed by atoms with Crippen molar-refractivity contribution in [2.24, 2.45) is 0 Å². The van der Waals surface area contributed by atoms with Crippen LogP contribution in [0.3, 0.4) is 0 Å². The molecular formula is C22H26N4O2. The molecule has 4 rings (SSSR count). The molecule has 0 saturated carbocycles. The fourth-order valence-electron chi connectivity index (χ4n) is 3.52. The molecule has 3 aromatic rings. The van der Waals surface area contributed by atoms with Gasteiger partial charge in [0.15, 0.2) is 0 Å². The van der Waals surface area contributed by atoms with E-state index in [2.05, 4.69) is 51.1 Å². The minimum absolute atomic E-state index is 0.604. The van der Waals surface area contributed by atoms with Gasteiger partial charge in [-0.3, -0.25) is 9.80 Å². The van der Waals surface area contributed by atoms with E-state index in [1.807, 2.05) is 24.3 Å². The van der Waals surface area contributed by atoms with Crippen molar-refractivity contribution in [3.8, 4) is 17.1 Å². The number of ether oxygens (including phenoxy) is 1. The molecule has 0 atom stereocenters. The molecule has 1 aliphatic rings. The Hall–Kier alpha value is -2.70. The van der Waals surface area contributed by atoms with Crippen LogP contribution in [0.15, 0.2) is 53.1 Å². The van der Waals surface area contributed by atoms with E-state index in [9.17, 15) is 0 Å². The Bertz CT molecular complexity index is 916. The second-order valence-electron chi connectivity index (χ2n) is 7.22. The zero-order valence-corrected chi connectivity index (χ0v) is 16.5. The lowest BCUT2D eigenvalue weighted by atomic mass is 10.1. The van der Waals surface area contributed by atoms with E-state index in [4.69, 9.17) is 9.26 Å². The van der Waals surface area contributed by atoms with Gasteiger partial charge < -0.3 is 9.26 Å². The molecule has 1 fully saturated rings. The van der Waals surface area contributed by atoms with Crippen molar-refractivity contribution in [3.05, 3.63) is 65.5 Å². The summed E-state index contributed by atoms with van der Waals surface area (Å²) in [6, 6.07) is 16.3. The highest BCUT2D eigenvalue weighted by molar-refractivity contribution is 5.56. The van der Waals surface area contributed by atoms with Crippen LogP contribution in [0.4, 0.5) is 0 Å². The Morgan fingerprint density at radius 2 is 1.71 bits per heavy atom. The van der Waals surface area contributed by atoms with Gasteiger partial charge in [0.25, 0.3) is 0 Å². The third kappa shape index (κ3) is 4.40. The average molecular weight is 378 g/mol. The van der Waals surface area contributed by atoms with Crippen LogP contribution in [0, 0.1) is 6.92 Å².